The lowest BCUT2D eigenvalue weighted by Gasteiger charge is -2.36. The van der Waals surface area contributed by atoms with Crippen molar-refractivity contribution in [1.29, 1.82) is 0 Å². The molecule has 1 aliphatic heterocycles. The highest BCUT2D eigenvalue weighted by molar-refractivity contribution is 5.94. The van der Waals surface area contributed by atoms with Gasteiger partial charge < -0.3 is 20.9 Å². The molecule has 1 aromatic rings. The zero-order chi connectivity index (χ0) is 15.2. The largest absolute Gasteiger partial charge is 0.394 e. The molecule has 0 bridgehead atoms. The van der Waals surface area contributed by atoms with Crippen molar-refractivity contribution in [2.24, 2.45) is 5.73 Å². The second-order valence-corrected chi connectivity index (χ2v) is 5.19. The molecule has 1 heterocycles. The van der Waals surface area contributed by atoms with Crippen LogP contribution < -0.4 is 11.1 Å². The zero-order valence-corrected chi connectivity index (χ0v) is 11.8. The van der Waals surface area contributed by atoms with Crippen LogP contribution in [0, 0.1) is 5.82 Å². The molecule has 1 aromatic carbocycles. The molecule has 116 valence electrons. The SMILES string of the molecule is NCC[C@@H]1CC[C@H](NC(=O)c2ccccc2F)[C@H](CO)O1. The molecule has 1 saturated heterocycles. The minimum Gasteiger partial charge on any atom is -0.394 e. The minimum atomic E-state index is -0.562. The predicted molar refractivity (Wildman–Crippen MR) is 76.3 cm³/mol. The fourth-order valence-corrected chi connectivity index (χ4v) is 2.59. The van der Waals surface area contributed by atoms with Gasteiger partial charge in [-0.05, 0) is 37.9 Å². The van der Waals surface area contributed by atoms with Crippen LogP contribution in [0.3, 0.4) is 0 Å². The standard InChI is InChI=1S/C15H21FN2O3/c16-12-4-2-1-3-11(12)15(20)18-13-6-5-10(7-8-17)21-14(13)9-19/h1-4,10,13-14,19H,5-9,17H2,(H,18,20)/t10-,13-,14-/m0/s1. The van der Waals surface area contributed by atoms with E-state index in [9.17, 15) is 14.3 Å². The number of carbonyl (C=O) groups is 1. The molecule has 1 fully saturated rings. The number of rotatable bonds is 5. The van der Waals surface area contributed by atoms with Crippen LogP contribution in [-0.4, -0.2) is 42.4 Å². The highest BCUT2D eigenvalue weighted by Crippen LogP contribution is 2.22. The number of benzene rings is 1. The fourth-order valence-electron chi connectivity index (χ4n) is 2.59. The number of aliphatic hydroxyl groups excluding tert-OH is 1. The maximum Gasteiger partial charge on any atom is 0.254 e. The molecule has 6 heteroatoms. The summed E-state index contributed by atoms with van der Waals surface area (Å²) in [6.45, 7) is 0.332. The smallest absolute Gasteiger partial charge is 0.254 e. The van der Waals surface area contributed by atoms with E-state index in [0.29, 0.717) is 13.0 Å². The quantitative estimate of drug-likeness (QED) is 0.751. The molecule has 21 heavy (non-hydrogen) atoms. The number of aliphatic hydroxyl groups is 1. The Hall–Kier alpha value is -1.50. The van der Waals surface area contributed by atoms with Crippen molar-refractivity contribution in [2.45, 2.75) is 37.5 Å². The van der Waals surface area contributed by atoms with Gasteiger partial charge in [-0.25, -0.2) is 4.39 Å². The average molecular weight is 296 g/mol. The molecule has 4 N–H and O–H groups in total. The van der Waals surface area contributed by atoms with Gasteiger partial charge in [0.25, 0.3) is 5.91 Å². The number of nitrogens with one attached hydrogen (secondary N) is 1. The lowest BCUT2D eigenvalue weighted by atomic mass is 9.96. The number of ether oxygens (including phenoxy) is 1. The topological polar surface area (TPSA) is 84.6 Å². The zero-order valence-electron chi connectivity index (χ0n) is 11.8. The first kappa shape index (κ1) is 15.9. The summed E-state index contributed by atoms with van der Waals surface area (Å²) in [5.74, 6) is -1.05. The molecule has 0 radical (unpaired) electrons. The van der Waals surface area contributed by atoms with Crippen molar-refractivity contribution in [3.8, 4) is 0 Å². The van der Waals surface area contributed by atoms with Gasteiger partial charge in [-0.3, -0.25) is 4.79 Å². The van der Waals surface area contributed by atoms with Crippen LogP contribution in [0.25, 0.3) is 0 Å². The monoisotopic (exact) mass is 296 g/mol. The van der Waals surface area contributed by atoms with E-state index in [-0.39, 0.29) is 24.3 Å². The number of hydrogen-bond acceptors (Lipinski definition) is 4. The molecular formula is C15H21FN2O3. The Morgan fingerprint density at radius 2 is 2.19 bits per heavy atom. The van der Waals surface area contributed by atoms with E-state index in [4.69, 9.17) is 10.5 Å². The van der Waals surface area contributed by atoms with Gasteiger partial charge in [0.15, 0.2) is 0 Å². The lowest BCUT2D eigenvalue weighted by Crippen LogP contribution is -2.51. The summed E-state index contributed by atoms with van der Waals surface area (Å²) in [6.07, 6.45) is 1.69. The molecule has 2 rings (SSSR count). The fraction of sp³-hybridized carbons (Fsp3) is 0.533. The van der Waals surface area contributed by atoms with E-state index >= 15 is 0 Å². The van der Waals surface area contributed by atoms with Crippen molar-refractivity contribution >= 4 is 5.91 Å². The maximum atomic E-state index is 13.6. The van der Waals surface area contributed by atoms with Crippen molar-refractivity contribution in [3.05, 3.63) is 35.6 Å². The Balaban J connectivity index is 1.99. The summed E-state index contributed by atoms with van der Waals surface area (Å²) in [4.78, 5) is 12.1. The Morgan fingerprint density at radius 3 is 2.86 bits per heavy atom. The van der Waals surface area contributed by atoms with Gasteiger partial charge in [0, 0.05) is 0 Å². The number of carbonyl (C=O) groups excluding carboxylic acids is 1. The second-order valence-electron chi connectivity index (χ2n) is 5.19. The molecule has 0 aliphatic carbocycles. The third-order valence-electron chi connectivity index (χ3n) is 3.72. The Morgan fingerprint density at radius 1 is 1.43 bits per heavy atom. The highest BCUT2D eigenvalue weighted by Gasteiger charge is 2.32. The first-order chi connectivity index (χ1) is 10.2. The van der Waals surface area contributed by atoms with Crippen LogP contribution in [0.1, 0.15) is 29.6 Å². The first-order valence-corrected chi connectivity index (χ1v) is 7.17. The summed E-state index contributed by atoms with van der Waals surface area (Å²) in [5, 5.41) is 12.1. The lowest BCUT2D eigenvalue weighted by molar-refractivity contribution is -0.0889. The van der Waals surface area contributed by atoms with Gasteiger partial charge in [0.1, 0.15) is 11.9 Å². The summed E-state index contributed by atoms with van der Waals surface area (Å²) in [5.41, 5.74) is 5.50. The van der Waals surface area contributed by atoms with Crippen LogP contribution in [0.15, 0.2) is 24.3 Å². The molecule has 1 aliphatic rings. The van der Waals surface area contributed by atoms with Gasteiger partial charge in [-0.2, -0.15) is 0 Å². The Labute approximate surface area is 123 Å². The van der Waals surface area contributed by atoms with E-state index in [0.717, 1.165) is 12.8 Å². The molecule has 5 nitrogen and oxygen atoms in total. The van der Waals surface area contributed by atoms with Crippen molar-refractivity contribution in [2.75, 3.05) is 13.2 Å². The summed E-state index contributed by atoms with van der Waals surface area (Å²) in [7, 11) is 0. The highest BCUT2D eigenvalue weighted by atomic mass is 19.1. The summed E-state index contributed by atoms with van der Waals surface area (Å²) < 4.78 is 19.3. The van der Waals surface area contributed by atoms with E-state index in [1.807, 2.05) is 0 Å². The van der Waals surface area contributed by atoms with Crippen molar-refractivity contribution in [1.82, 2.24) is 5.32 Å². The Kier molecular flexibility index (Phi) is 5.67. The maximum absolute atomic E-state index is 13.6. The third-order valence-corrected chi connectivity index (χ3v) is 3.72. The minimum absolute atomic E-state index is 0.00160. The van der Waals surface area contributed by atoms with Crippen LogP contribution in [0.2, 0.25) is 0 Å². The van der Waals surface area contributed by atoms with Crippen LogP contribution >= 0.6 is 0 Å². The molecule has 0 spiro atoms. The van der Waals surface area contributed by atoms with E-state index in [2.05, 4.69) is 5.32 Å². The van der Waals surface area contributed by atoms with Crippen molar-refractivity contribution in [3.63, 3.8) is 0 Å². The van der Waals surface area contributed by atoms with Crippen LogP contribution in [0.4, 0.5) is 4.39 Å². The van der Waals surface area contributed by atoms with E-state index in [1.165, 1.54) is 18.2 Å². The van der Waals surface area contributed by atoms with Crippen LogP contribution in [-0.2, 0) is 4.74 Å². The average Bonchev–Trinajstić information content (AvgIpc) is 2.49. The molecule has 0 saturated carbocycles. The van der Waals surface area contributed by atoms with Gasteiger partial charge in [0.05, 0.1) is 24.3 Å². The number of nitrogens with two attached hydrogens (primary N) is 1. The Bertz CT molecular complexity index is 484. The normalized spacial score (nSPS) is 25.6. The molecular weight excluding hydrogens is 275 g/mol. The first-order valence-electron chi connectivity index (χ1n) is 7.17. The predicted octanol–water partition coefficient (Wildman–Crippen LogP) is 0.813. The third kappa shape index (κ3) is 4.00. The van der Waals surface area contributed by atoms with Gasteiger partial charge >= 0.3 is 0 Å². The molecule has 0 aromatic heterocycles. The molecule has 0 unspecified atom stereocenters. The summed E-state index contributed by atoms with van der Waals surface area (Å²) >= 11 is 0. The summed E-state index contributed by atoms with van der Waals surface area (Å²) in [6, 6.07) is 5.49. The second kappa shape index (κ2) is 7.49. The van der Waals surface area contributed by atoms with E-state index in [1.54, 1.807) is 6.07 Å². The van der Waals surface area contributed by atoms with Crippen LogP contribution in [0.5, 0.6) is 0 Å². The van der Waals surface area contributed by atoms with E-state index < -0.39 is 17.8 Å². The number of halogens is 1. The van der Waals surface area contributed by atoms with Crippen molar-refractivity contribution < 1.29 is 19.0 Å². The molecule has 1 amide bonds. The number of amides is 1. The van der Waals surface area contributed by atoms with Gasteiger partial charge in [0.2, 0.25) is 0 Å². The number of hydrogen-bond donors (Lipinski definition) is 3. The molecule has 3 atom stereocenters. The van der Waals surface area contributed by atoms with Gasteiger partial charge in [-0.1, -0.05) is 12.1 Å². The van der Waals surface area contributed by atoms with Gasteiger partial charge in [-0.15, -0.1) is 0 Å².